The number of amides is 3. The highest BCUT2D eigenvalue weighted by Gasteiger charge is 2.76. The highest BCUT2D eigenvalue weighted by atomic mass is 16.6. The molecule has 268 valence electrons. The number of benzene rings is 2. The average molecular weight is 686 g/mol. The zero-order chi connectivity index (χ0) is 36.2. The smallest absolute Gasteiger partial charge is 0.313 e. The molecule has 50 heavy (non-hydrogen) atoms. The lowest BCUT2D eigenvalue weighted by Gasteiger charge is -2.40. The number of aliphatic hydroxyl groups is 1. The van der Waals surface area contributed by atoms with Crippen molar-refractivity contribution in [2.45, 2.75) is 88.9 Å². The van der Waals surface area contributed by atoms with Crippen LogP contribution in [0.1, 0.15) is 63.7 Å². The lowest BCUT2D eigenvalue weighted by Crippen LogP contribution is -2.59. The largest absolute Gasteiger partial charge is 0.455 e. The number of hydrogen-bond donors (Lipinski definition) is 1. The number of esters is 1. The van der Waals surface area contributed by atoms with Crippen molar-refractivity contribution in [1.82, 2.24) is 14.7 Å². The number of allylic oxidation sites excluding steroid dienone is 1. The maximum absolute atomic E-state index is 14.8. The first-order chi connectivity index (χ1) is 24.0. The fourth-order valence-electron chi connectivity index (χ4n) is 8.10. The normalized spacial score (nSPS) is 25.5. The second-order valence-electron chi connectivity index (χ2n) is 14.1. The van der Waals surface area contributed by atoms with Crippen molar-refractivity contribution >= 4 is 23.7 Å². The van der Waals surface area contributed by atoms with E-state index in [2.05, 4.69) is 13.2 Å². The molecule has 3 aliphatic rings. The fourth-order valence-corrected chi connectivity index (χ4v) is 8.10. The number of likely N-dealkylation sites (tertiary alicyclic amines) is 1. The van der Waals surface area contributed by atoms with E-state index in [9.17, 15) is 24.3 Å². The van der Waals surface area contributed by atoms with Gasteiger partial charge in [0, 0.05) is 26.6 Å². The SMILES string of the molecule is C=CCCC(=O)N(C)[C@@H](C)[C@@H](OC(=O)[C@@H]1[C@@H]2CC[C@]3(O2)[C@H](C(=O)N(CC=C)Cc2ccccc2)N([C@@H](CO)C(C)C)C(=O)[C@@H]13)c1ccccc1. The number of carbonyl (C=O) groups excluding carboxylic acids is 4. The summed E-state index contributed by atoms with van der Waals surface area (Å²) in [4.78, 5) is 61.7. The standard InChI is InChI=1S/C40H51N3O7/c1-7-9-20-32(45)41(6)27(5)35(29-18-14-11-15-19-29)49-39(48)33-31-21-22-40(50-31)34(33)37(46)43(30(25-44)26(3)4)36(40)38(47)42(23-8-2)24-28-16-12-10-13-17-28/h7-8,10-19,26-27,30-31,33-36,44H,1-2,9,20-25H2,3-6H3/t27-,30-,31-,33+,34+,35+,36-,40+/m0/s1. The number of hydrogen-bond acceptors (Lipinski definition) is 7. The molecule has 2 aromatic carbocycles. The first-order valence-electron chi connectivity index (χ1n) is 17.7. The van der Waals surface area contributed by atoms with Crippen molar-refractivity contribution in [3.05, 3.63) is 97.1 Å². The van der Waals surface area contributed by atoms with Crippen molar-refractivity contribution < 1.29 is 33.8 Å². The molecule has 3 aliphatic heterocycles. The Morgan fingerprint density at radius 1 is 1.06 bits per heavy atom. The van der Waals surface area contributed by atoms with Crippen LogP contribution < -0.4 is 0 Å². The molecule has 0 saturated carbocycles. The lowest BCUT2D eigenvalue weighted by atomic mass is 9.70. The Morgan fingerprint density at radius 3 is 2.32 bits per heavy atom. The Balaban J connectivity index is 1.50. The van der Waals surface area contributed by atoms with Crippen LogP contribution in [0.4, 0.5) is 0 Å². The third-order valence-electron chi connectivity index (χ3n) is 10.8. The Labute approximate surface area is 295 Å². The topological polar surface area (TPSA) is 117 Å². The number of nitrogens with zero attached hydrogens (tertiary/aromatic N) is 3. The van der Waals surface area contributed by atoms with Crippen LogP contribution in [-0.2, 0) is 35.2 Å². The Bertz CT molecular complexity index is 1550. The maximum Gasteiger partial charge on any atom is 0.313 e. The summed E-state index contributed by atoms with van der Waals surface area (Å²) in [7, 11) is 1.69. The molecule has 5 rings (SSSR count). The highest BCUT2D eigenvalue weighted by Crippen LogP contribution is 2.59. The molecule has 2 bridgehead atoms. The molecule has 3 fully saturated rings. The van der Waals surface area contributed by atoms with Gasteiger partial charge in [0.25, 0.3) is 0 Å². The first-order valence-corrected chi connectivity index (χ1v) is 17.7. The van der Waals surface area contributed by atoms with Crippen LogP contribution in [0, 0.1) is 17.8 Å². The van der Waals surface area contributed by atoms with E-state index < -0.39 is 53.7 Å². The minimum absolute atomic E-state index is 0.108. The monoisotopic (exact) mass is 685 g/mol. The third kappa shape index (κ3) is 6.88. The van der Waals surface area contributed by atoms with Crippen molar-refractivity contribution in [3.63, 3.8) is 0 Å². The minimum atomic E-state index is -1.27. The summed E-state index contributed by atoms with van der Waals surface area (Å²) in [6.45, 7) is 13.4. The van der Waals surface area contributed by atoms with E-state index in [4.69, 9.17) is 9.47 Å². The van der Waals surface area contributed by atoms with Crippen molar-refractivity contribution in [1.29, 1.82) is 0 Å². The molecule has 8 atom stereocenters. The summed E-state index contributed by atoms with van der Waals surface area (Å²) < 4.78 is 13.0. The van der Waals surface area contributed by atoms with Gasteiger partial charge < -0.3 is 29.3 Å². The number of ether oxygens (including phenoxy) is 2. The van der Waals surface area contributed by atoms with Gasteiger partial charge in [0.15, 0.2) is 0 Å². The summed E-state index contributed by atoms with van der Waals surface area (Å²) in [5, 5.41) is 10.6. The van der Waals surface area contributed by atoms with E-state index >= 15 is 0 Å². The summed E-state index contributed by atoms with van der Waals surface area (Å²) in [6, 6.07) is 16.6. The van der Waals surface area contributed by atoms with Gasteiger partial charge in [-0.1, -0.05) is 86.7 Å². The van der Waals surface area contributed by atoms with Crippen LogP contribution in [0.5, 0.6) is 0 Å². The summed E-state index contributed by atoms with van der Waals surface area (Å²) >= 11 is 0. The number of aliphatic hydroxyl groups excluding tert-OH is 1. The molecular weight excluding hydrogens is 634 g/mol. The first kappa shape index (κ1) is 37.0. The average Bonchev–Trinajstić information content (AvgIpc) is 3.77. The summed E-state index contributed by atoms with van der Waals surface area (Å²) in [6.07, 6.45) is 3.58. The van der Waals surface area contributed by atoms with E-state index in [1.54, 1.807) is 29.0 Å². The van der Waals surface area contributed by atoms with Gasteiger partial charge in [-0.2, -0.15) is 0 Å². The van der Waals surface area contributed by atoms with Gasteiger partial charge in [-0.3, -0.25) is 19.2 Å². The molecule has 0 unspecified atom stereocenters. The van der Waals surface area contributed by atoms with Crippen molar-refractivity contribution in [2.75, 3.05) is 20.2 Å². The summed E-state index contributed by atoms with van der Waals surface area (Å²) in [5.74, 6) is -3.54. The molecule has 3 heterocycles. The van der Waals surface area contributed by atoms with Crippen LogP contribution in [0.25, 0.3) is 0 Å². The van der Waals surface area contributed by atoms with Gasteiger partial charge in [-0.15, -0.1) is 13.2 Å². The maximum atomic E-state index is 14.8. The number of fused-ring (bicyclic) bond motifs is 1. The van der Waals surface area contributed by atoms with Crippen LogP contribution in [0.3, 0.4) is 0 Å². The van der Waals surface area contributed by atoms with Gasteiger partial charge in [0.1, 0.15) is 17.7 Å². The molecule has 2 aromatic rings. The van der Waals surface area contributed by atoms with E-state index in [1.165, 1.54) is 4.90 Å². The van der Waals surface area contributed by atoms with E-state index in [0.29, 0.717) is 31.4 Å². The molecule has 3 amide bonds. The van der Waals surface area contributed by atoms with Crippen LogP contribution in [0.15, 0.2) is 86.0 Å². The predicted octanol–water partition coefficient (Wildman–Crippen LogP) is 4.69. The Kier molecular flexibility index (Phi) is 11.6. The molecule has 0 aromatic heterocycles. The number of carbonyl (C=O) groups is 4. The van der Waals surface area contributed by atoms with Gasteiger partial charge >= 0.3 is 5.97 Å². The molecular formula is C40H51N3O7. The molecule has 0 radical (unpaired) electrons. The third-order valence-corrected chi connectivity index (χ3v) is 10.8. The van der Waals surface area contributed by atoms with Crippen LogP contribution >= 0.6 is 0 Å². The second kappa shape index (κ2) is 15.7. The van der Waals surface area contributed by atoms with Gasteiger partial charge in [-0.05, 0) is 43.2 Å². The molecule has 1 spiro atoms. The van der Waals surface area contributed by atoms with E-state index in [1.807, 2.05) is 81.4 Å². The molecule has 10 nitrogen and oxygen atoms in total. The molecule has 0 aliphatic carbocycles. The van der Waals surface area contributed by atoms with Crippen LogP contribution in [0.2, 0.25) is 0 Å². The summed E-state index contributed by atoms with van der Waals surface area (Å²) in [5.41, 5.74) is 0.359. The number of rotatable bonds is 16. The Morgan fingerprint density at radius 2 is 1.72 bits per heavy atom. The molecule has 1 N–H and O–H groups in total. The zero-order valence-corrected chi connectivity index (χ0v) is 29.6. The van der Waals surface area contributed by atoms with E-state index in [-0.39, 0.29) is 43.2 Å². The van der Waals surface area contributed by atoms with Crippen LogP contribution in [-0.4, -0.2) is 93.5 Å². The van der Waals surface area contributed by atoms with Gasteiger partial charge in [-0.25, -0.2) is 0 Å². The fraction of sp³-hybridized carbons (Fsp3) is 0.500. The van der Waals surface area contributed by atoms with Gasteiger partial charge in [0.05, 0.1) is 36.6 Å². The quantitative estimate of drug-likeness (QED) is 0.201. The van der Waals surface area contributed by atoms with Crippen molar-refractivity contribution in [2.24, 2.45) is 17.8 Å². The van der Waals surface area contributed by atoms with Crippen molar-refractivity contribution in [3.8, 4) is 0 Å². The van der Waals surface area contributed by atoms with E-state index in [0.717, 1.165) is 5.56 Å². The predicted molar refractivity (Wildman–Crippen MR) is 189 cm³/mol. The molecule has 3 saturated heterocycles. The number of likely N-dealkylation sites (N-methyl/N-ethyl adjacent to an activating group) is 1. The van der Waals surface area contributed by atoms with Gasteiger partial charge in [0.2, 0.25) is 17.7 Å². The second-order valence-corrected chi connectivity index (χ2v) is 14.1. The zero-order valence-electron chi connectivity index (χ0n) is 29.6. The Hall–Kier alpha value is -4.28. The highest BCUT2D eigenvalue weighted by molar-refractivity contribution is 5.98. The minimum Gasteiger partial charge on any atom is -0.455 e. The lowest BCUT2D eigenvalue weighted by molar-refractivity contribution is -0.165. The molecule has 10 heteroatoms.